The smallest absolute Gasteiger partial charge is 0.326 e. The summed E-state index contributed by atoms with van der Waals surface area (Å²) in [6.07, 6.45) is 2.70. The average molecular weight is 520 g/mol. The van der Waals surface area contributed by atoms with Crippen molar-refractivity contribution in [2.45, 2.75) is 13.3 Å². The van der Waals surface area contributed by atoms with Crippen molar-refractivity contribution in [1.29, 1.82) is 0 Å². The van der Waals surface area contributed by atoms with Gasteiger partial charge in [-0.05, 0) is 48.7 Å². The number of amides is 2. The molecule has 2 amide bonds. The quantitative estimate of drug-likeness (QED) is 0.355. The van der Waals surface area contributed by atoms with Gasteiger partial charge in [-0.2, -0.15) is 4.98 Å². The molecule has 1 saturated heterocycles. The van der Waals surface area contributed by atoms with Gasteiger partial charge in [0.2, 0.25) is 11.7 Å². The van der Waals surface area contributed by atoms with Crippen molar-refractivity contribution in [3.05, 3.63) is 72.2 Å². The molecule has 196 valence electrons. The van der Waals surface area contributed by atoms with Gasteiger partial charge < -0.3 is 19.6 Å². The van der Waals surface area contributed by atoms with Crippen LogP contribution in [0.5, 0.6) is 0 Å². The Morgan fingerprint density at radius 3 is 2.56 bits per heavy atom. The highest BCUT2D eigenvalue weighted by molar-refractivity contribution is 6.11. The van der Waals surface area contributed by atoms with Crippen molar-refractivity contribution in [3.8, 4) is 11.4 Å². The number of fused-ring (bicyclic) bond motifs is 3. The highest BCUT2D eigenvalue weighted by Crippen LogP contribution is 2.37. The maximum Gasteiger partial charge on any atom is 0.326 e. The fourth-order valence-electron chi connectivity index (χ4n) is 5.75. The Bertz CT molecular complexity index is 1720. The minimum absolute atomic E-state index is 0.147. The molecular weight excluding hydrogens is 490 g/mol. The molecule has 2 aromatic heterocycles. The van der Waals surface area contributed by atoms with Gasteiger partial charge in [-0.25, -0.2) is 4.79 Å². The Morgan fingerprint density at radius 2 is 1.74 bits per heavy atom. The maximum absolute atomic E-state index is 13.7. The maximum atomic E-state index is 13.7. The zero-order valence-corrected chi connectivity index (χ0v) is 22.0. The molecule has 0 aliphatic carbocycles. The molecular formula is C30H29N7O2. The number of hydrogen-bond donors (Lipinski definition) is 1. The minimum atomic E-state index is -0.147. The third-order valence-electron chi connectivity index (χ3n) is 7.84. The minimum Gasteiger partial charge on any atom is -0.368 e. The van der Waals surface area contributed by atoms with Gasteiger partial charge in [0.05, 0.1) is 11.2 Å². The van der Waals surface area contributed by atoms with Gasteiger partial charge in [0, 0.05) is 73.6 Å². The first-order chi connectivity index (χ1) is 19.0. The number of urea groups is 1. The second kappa shape index (κ2) is 9.36. The number of pyridine rings is 1. The van der Waals surface area contributed by atoms with E-state index in [9.17, 15) is 4.79 Å². The normalized spacial score (nSPS) is 15.7. The van der Waals surface area contributed by atoms with Crippen LogP contribution in [-0.2, 0) is 6.42 Å². The number of aromatic nitrogens is 3. The van der Waals surface area contributed by atoms with Gasteiger partial charge >= 0.3 is 6.03 Å². The fourth-order valence-corrected chi connectivity index (χ4v) is 5.75. The number of rotatable bonds is 3. The molecule has 2 aliphatic heterocycles. The lowest BCUT2D eigenvalue weighted by molar-refractivity contribution is 0.257. The van der Waals surface area contributed by atoms with Crippen LogP contribution in [0.1, 0.15) is 11.5 Å². The first kappa shape index (κ1) is 23.6. The third kappa shape index (κ3) is 4.15. The number of carbonyl (C=O) groups is 1. The van der Waals surface area contributed by atoms with Gasteiger partial charge in [-0.1, -0.05) is 35.5 Å². The van der Waals surface area contributed by atoms with Gasteiger partial charge in [0.1, 0.15) is 0 Å². The molecule has 3 aromatic carbocycles. The summed E-state index contributed by atoms with van der Waals surface area (Å²) in [5, 5.41) is 10.2. The number of nitrogens with zero attached hydrogens (tertiary/aromatic N) is 6. The Hall–Kier alpha value is -4.50. The van der Waals surface area contributed by atoms with E-state index in [0.29, 0.717) is 18.3 Å². The zero-order valence-electron chi connectivity index (χ0n) is 22.0. The number of hydrogen-bond acceptors (Lipinski definition) is 7. The zero-order chi connectivity index (χ0) is 26.5. The topological polar surface area (TPSA) is 90.6 Å². The Labute approximate surface area is 226 Å². The standard InChI is InChI=1S/C30H29N7O2/c1-19-32-29(34-39-19)23-7-3-6-22-21(23)5-4-8-25(22)33-30(38)37-12-10-20-17-26-24(18-28(20)37)27(9-11-31-26)36-15-13-35(2)14-16-36/h3-9,11,17-18H,10,12-16H2,1-2H3,(H,33,38). The summed E-state index contributed by atoms with van der Waals surface area (Å²) < 4.78 is 5.20. The van der Waals surface area contributed by atoms with Crippen LogP contribution in [-0.4, -0.2) is 65.8 Å². The molecule has 1 N–H and O–H groups in total. The SMILES string of the molecule is Cc1nc(-c2cccc3c(NC(=O)N4CCc5cc6nccc(N7CCN(C)CC7)c6cc54)cccc23)no1. The first-order valence-corrected chi connectivity index (χ1v) is 13.3. The average Bonchev–Trinajstić information content (AvgIpc) is 3.58. The van der Waals surface area contributed by atoms with Crippen molar-refractivity contribution in [2.75, 3.05) is 54.9 Å². The lowest BCUT2D eigenvalue weighted by Crippen LogP contribution is -2.44. The molecule has 5 aromatic rings. The largest absolute Gasteiger partial charge is 0.368 e. The van der Waals surface area contributed by atoms with Crippen molar-refractivity contribution in [2.24, 2.45) is 0 Å². The van der Waals surface area contributed by atoms with Crippen LogP contribution in [0, 0.1) is 6.92 Å². The molecule has 9 nitrogen and oxygen atoms in total. The molecule has 2 aliphatic rings. The van der Waals surface area contributed by atoms with Crippen LogP contribution in [0.3, 0.4) is 0 Å². The highest BCUT2D eigenvalue weighted by Gasteiger charge is 2.27. The summed E-state index contributed by atoms with van der Waals surface area (Å²) in [6, 6.07) is 18.0. The Balaban J connectivity index is 1.21. The number of anilines is 3. The van der Waals surface area contributed by atoms with Crippen LogP contribution < -0.4 is 15.1 Å². The monoisotopic (exact) mass is 519 g/mol. The van der Waals surface area contributed by atoms with Gasteiger partial charge in [-0.3, -0.25) is 9.88 Å². The van der Waals surface area contributed by atoms with Crippen LogP contribution in [0.4, 0.5) is 21.9 Å². The second-order valence-corrected chi connectivity index (χ2v) is 10.3. The van der Waals surface area contributed by atoms with E-state index in [2.05, 4.69) is 55.5 Å². The predicted octanol–water partition coefficient (Wildman–Crippen LogP) is 5.09. The molecule has 0 bridgehead atoms. The number of piperazine rings is 1. The molecule has 0 unspecified atom stereocenters. The van der Waals surface area contributed by atoms with Crippen LogP contribution >= 0.6 is 0 Å². The summed E-state index contributed by atoms with van der Waals surface area (Å²) in [5.74, 6) is 1.05. The summed E-state index contributed by atoms with van der Waals surface area (Å²) in [5.41, 5.74) is 5.86. The molecule has 0 radical (unpaired) electrons. The number of likely N-dealkylation sites (N-methyl/N-ethyl adjacent to an activating group) is 1. The molecule has 4 heterocycles. The second-order valence-electron chi connectivity index (χ2n) is 10.3. The van der Waals surface area contributed by atoms with Crippen LogP contribution in [0.15, 0.2) is 65.3 Å². The first-order valence-electron chi connectivity index (χ1n) is 13.3. The number of carbonyl (C=O) groups excluding carboxylic acids is 1. The molecule has 0 spiro atoms. The molecule has 9 heteroatoms. The molecule has 7 rings (SSSR count). The van der Waals surface area contributed by atoms with E-state index in [-0.39, 0.29) is 6.03 Å². The summed E-state index contributed by atoms with van der Waals surface area (Å²) in [7, 11) is 2.16. The van der Waals surface area contributed by atoms with E-state index in [1.807, 2.05) is 47.5 Å². The predicted molar refractivity (Wildman–Crippen MR) is 153 cm³/mol. The van der Waals surface area contributed by atoms with E-state index in [4.69, 9.17) is 4.52 Å². The van der Waals surface area contributed by atoms with E-state index < -0.39 is 0 Å². The molecule has 39 heavy (non-hydrogen) atoms. The van der Waals surface area contributed by atoms with Gasteiger partial charge in [-0.15, -0.1) is 0 Å². The molecule has 1 fully saturated rings. The highest BCUT2D eigenvalue weighted by atomic mass is 16.5. The van der Waals surface area contributed by atoms with E-state index in [1.54, 1.807) is 6.92 Å². The van der Waals surface area contributed by atoms with E-state index in [0.717, 1.165) is 76.8 Å². The van der Waals surface area contributed by atoms with Crippen LogP contribution in [0.2, 0.25) is 0 Å². The summed E-state index contributed by atoms with van der Waals surface area (Å²) >= 11 is 0. The number of nitrogens with one attached hydrogen (secondary N) is 1. The van der Waals surface area contributed by atoms with Crippen molar-refractivity contribution in [3.63, 3.8) is 0 Å². The van der Waals surface area contributed by atoms with E-state index >= 15 is 0 Å². The van der Waals surface area contributed by atoms with Crippen molar-refractivity contribution < 1.29 is 9.32 Å². The lowest BCUT2D eigenvalue weighted by atomic mass is 10.0. The molecule has 0 saturated carbocycles. The third-order valence-corrected chi connectivity index (χ3v) is 7.84. The number of benzene rings is 3. The lowest BCUT2D eigenvalue weighted by Gasteiger charge is -2.34. The Kier molecular flexibility index (Phi) is 5.66. The van der Waals surface area contributed by atoms with Gasteiger partial charge in [0.25, 0.3) is 0 Å². The summed E-state index contributed by atoms with van der Waals surface area (Å²) in [4.78, 5) is 29.4. The molecule has 0 atom stereocenters. The van der Waals surface area contributed by atoms with Crippen molar-refractivity contribution in [1.82, 2.24) is 20.0 Å². The fraction of sp³-hybridized carbons (Fsp3) is 0.267. The van der Waals surface area contributed by atoms with E-state index in [1.165, 1.54) is 5.69 Å². The van der Waals surface area contributed by atoms with Gasteiger partial charge in [0.15, 0.2) is 0 Å². The van der Waals surface area contributed by atoms with Crippen molar-refractivity contribution >= 4 is 44.8 Å². The summed E-state index contributed by atoms with van der Waals surface area (Å²) in [6.45, 7) is 6.41. The Morgan fingerprint density at radius 1 is 0.923 bits per heavy atom. The number of aryl methyl sites for hydroxylation is 1. The van der Waals surface area contributed by atoms with Crippen LogP contribution in [0.25, 0.3) is 33.1 Å².